The van der Waals surface area contributed by atoms with E-state index in [1.165, 1.54) is 5.56 Å². The minimum Gasteiger partial charge on any atom is -0.395 e. The first-order valence-electron chi connectivity index (χ1n) is 5.32. The van der Waals surface area contributed by atoms with Crippen molar-refractivity contribution in [1.29, 1.82) is 0 Å². The number of aliphatic hydroxyl groups excluding tert-OH is 1. The minimum absolute atomic E-state index is 0.0385. The number of aliphatic hydroxyl groups is 1. The van der Waals surface area contributed by atoms with E-state index in [2.05, 4.69) is 10.6 Å². The van der Waals surface area contributed by atoms with Crippen molar-refractivity contribution in [1.82, 2.24) is 5.32 Å². The van der Waals surface area contributed by atoms with Gasteiger partial charge in [-0.15, -0.1) is 0 Å². The zero-order valence-electron chi connectivity index (χ0n) is 9.71. The van der Waals surface area contributed by atoms with Crippen LogP contribution in [0.15, 0.2) is 18.2 Å². The molecule has 1 rings (SSSR count). The molecule has 88 valence electrons. The Morgan fingerprint density at radius 2 is 2.12 bits per heavy atom. The molecule has 0 aliphatic heterocycles. The first-order chi connectivity index (χ1) is 7.63. The summed E-state index contributed by atoms with van der Waals surface area (Å²) in [4.78, 5) is 11.5. The van der Waals surface area contributed by atoms with Gasteiger partial charge in [-0.3, -0.25) is 4.79 Å². The van der Waals surface area contributed by atoms with E-state index >= 15 is 0 Å². The average molecular weight is 222 g/mol. The monoisotopic (exact) mass is 222 g/mol. The Morgan fingerprint density at radius 1 is 1.38 bits per heavy atom. The molecule has 0 fully saturated rings. The molecule has 4 heteroatoms. The lowest BCUT2D eigenvalue weighted by Gasteiger charge is -2.09. The second kappa shape index (κ2) is 6.25. The molecule has 1 aromatic rings. The Balaban J connectivity index is 2.49. The number of amides is 1. The van der Waals surface area contributed by atoms with E-state index in [1.54, 1.807) is 0 Å². The molecule has 0 radical (unpaired) electrons. The van der Waals surface area contributed by atoms with Gasteiger partial charge in [-0.1, -0.05) is 17.7 Å². The zero-order valence-corrected chi connectivity index (χ0v) is 9.71. The number of benzene rings is 1. The number of rotatable bonds is 5. The molecule has 3 N–H and O–H groups in total. The third-order valence-electron chi connectivity index (χ3n) is 2.23. The van der Waals surface area contributed by atoms with Gasteiger partial charge in [0, 0.05) is 12.2 Å². The Labute approximate surface area is 95.7 Å². The largest absolute Gasteiger partial charge is 0.395 e. The lowest BCUT2D eigenvalue weighted by molar-refractivity contribution is -0.115. The van der Waals surface area contributed by atoms with Crippen LogP contribution in [0.2, 0.25) is 0 Å². The van der Waals surface area contributed by atoms with Crippen LogP contribution in [-0.2, 0) is 4.79 Å². The predicted molar refractivity (Wildman–Crippen MR) is 64.5 cm³/mol. The van der Waals surface area contributed by atoms with Crippen LogP contribution in [0.4, 0.5) is 5.69 Å². The first kappa shape index (κ1) is 12.7. The highest BCUT2D eigenvalue weighted by molar-refractivity contribution is 5.92. The van der Waals surface area contributed by atoms with E-state index in [4.69, 9.17) is 5.11 Å². The molecule has 0 saturated carbocycles. The van der Waals surface area contributed by atoms with Gasteiger partial charge in [-0.2, -0.15) is 0 Å². The summed E-state index contributed by atoms with van der Waals surface area (Å²) in [7, 11) is 0. The zero-order chi connectivity index (χ0) is 12.0. The summed E-state index contributed by atoms with van der Waals surface area (Å²) in [6.07, 6.45) is 0. The standard InChI is InChI=1S/C12H18N2O2/c1-9-3-4-11(10(2)7-9)14-12(16)8-13-5-6-15/h3-4,7,13,15H,5-6,8H2,1-2H3,(H,14,16). The number of carbonyl (C=O) groups is 1. The van der Waals surface area contributed by atoms with Gasteiger partial charge in [0.2, 0.25) is 5.91 Å². The topological polar surface area (TPSA) is 61.4 Å². The van der Waals surface area contributed by atoms with Crippen molar-refractivity contribution in [3.63, 3.8) is 0 Å². The van der Waals surface area contributed by atoms with Crippen molar-refractivity contribution < 1.29 is 9.90 Å². The summed E-state index contributed by atoms with van der Waals surface area (Å²) in [5, 5.41) is 14.2. The molecule has 0 aliphatic carbocycles. The Kier molecular flexibility index (Phi) is 4.95. The summed E-state index contributed by atoms with van der Waals surface area (Å²) >= 11 is 0. The number of aryl methyl sites for hydroxylation is 2. The van der Waals surface area contributed by atoms with E-state index in [1.807, 2.05) is 32.0 Å². The molecule has 0 atom stereocenters. The third kappa shape index (κ3) is 4.00. The van der Waals surface area contributed by atoms with Crippen molar-refractivity contribution >= 4 is 11.6 Å². The van der Waals surface area contributed by atoms with Crippen LogP contribution < -0.4 is 10.6 Å². The van der Waals surface area contributed by atoms with Crippen molar-refractivity contribution in [3.8, 4) is 0 Å². The van der Waals surface area contributed by atoms with Gasteiger partial charge in [0.25, 0.3) is 0 Å². The maximum absolute atomic E-state index is 11.5. The molecule has 0 aliphatic rings. The molecule has 0 aromatic heterocycles. The van der Waals surface area contributed by atoms with E-state index in [0.717, 1.165) is 11.3 Å². The highest BCUT2D eigenvalue weighted by Gasteiger charge is 2.03. The maximum Gasteiger partial charge on any atom is 0.238 e. The van der Waals surface area contributed by atoms with Crippen molar-refractivity contribution in [3.05, 3.63) is 29.3 Å². The number of carbonyl (C=O) groups excluding carboxylic acids is 1. The number of hydrogen-bond donors (Lipinski definition) is 3. The second-order valence-electron chi connectivity index (χ2n) is 3.77. The van der Waals surface area contributed by atoms with Gasteiger partial charge in [0.15, 0.2) is 0 Å². The molecule has 1 amide bonds. The highest BCUT2D eigenvalue weighted by atomic mass is 16.3. The third-order valence-corrected chi connectivity index (χ3v) is 2.23. The molecule has 4 nitrogen and oxygen atoms in total. The van der Waals surface area contributed by atoms with Crippen LogP contribution in [0.3, 0.4) is 0 Å². The molecular formula is C12H18N2O2. The quantitative estimate of drug-likeness (QED) is 0.646. The highest BCUT2D eigenvalue weighted by Crippen LogP contribution is 2.15. The Morgan fingerprint density at radius 3 is 2.75 bits per heavy atom. The van der Waals surface area contributed by atoms with Crippen LogP contribution in [-0.4, -0.2) is 30.7 Å². The Bertz CT molecular complexity index is 364. The van der Waals surface area contributed by atoms with Crippen LogP contribution in [0, 0.1) is 13.8 Å². The van der Waals surface area contributed by atoms with Gasteiger partial charge >= 0.3 is 0 Å². The van der Waals surface area contributed by atoms with Crippen LogP contribution in [0.1, 0.15) is 11.1 Å². The summed E-state index contributed by atoms with van der Waals surface area (Å²) < 4.78 is 0. The average Bonchev–Trinajstić information content (AvgIpc) is 2.23. The molecule has 0 saturated heterocycles. The summed E-state index contributed by atoms with van der Waals surface area (Å²) in [6, 6.07) is 5.88. The van der Waals surface area contributed by atoms with Crippen molar-refractivity contribution in [2.45, 2.75) is 13.8 Å². The molecule has 1 aromatic carbocycles. The summed E-state index contributed by atoms with van der Waals surface area (Å²) in [5.41, 5.74) is 3.06. The van der Waals surface area contributed by atoms with Crippen LogP contribution >= 0.6 is 0 Å². The number of hydrogen-bond acceptors (Lipinski definition) is 3. The van der Waals surface area contributed by atoms with Gasteiger partial charge in [0.05, 0.1) is 13.2 Å². The minimum atomic E-state index is -0.0968. The first-order valence-corrected chi connectivity index (χ1v) is 5.32. The SMILES string of the molecule is Cc1ccc(NC(=O)CNCCO)c(C)c1. The van der Waals surface area contributed by atoms with E-state index in [0.29, 0.717) is 6.54 Å². The fourth-order valence-corrected chi connectivity index (χ4v) is 1.43. The molecule has 0 bridgehead atoms. The van der Waals surface area contributed by atoms with Gasteiger partial charge < -0.3 is 15.7 Å². The van der Waals surface area contributed by atoms with Gasteiger partial charge in [-0.05, 0) is 25.5 Å². The van der Waals surface area contributed by atoms with Crippen LogP contribution in [0.5, 0.6) is 0 Å². The molecule has 0 heterocycles. The molecule has 0 spiro atoms. The number of anilines is 1. The van der Waals surface area contributed by atoms with Crippen molar-refractivity contribution in [2.24, 2.45) is 0 Å². The van der Waals surface area contributed by atoms with Crippen molar-refractivity contribution in [2.75, 3.05) is 25.0 Å². The van der Waals surface area contributed by atoms with Gasteiger partial charge in [-0.25, -0.2) is 0 Å². The maximum atomic E-state index is 11.5. The lowest BCUT2D eigenvalue weighted by Crippen LogP contribution is -2.30. The van der Waals surface area contributed by atoms with Crippen LogP contribution in [0.25, 0.3) is 0 Å². The smallest absolute Gasteiger partial charge is 0.238 e. The predicted octanol–water partition coefficient (Wildman–Crippen LogP) is 0.824. The van der Waals surface area contributed by atoms with E-state index < -0.39 is 0 Å². The summed E-state index contributed by atoms with van der Waals surface area (Å²) in [5.74, 6) is -0.0968. The van der Waals surface area contributed by atoms with Gasteiger partial charge in [0.1, 0.15) is 0 Å². The summed E-state index contributed by atoms with van der Waals surface area (Å²) in [6.45, 7) is 4.66. The number of nitrogens with one attached hydrogen (secondary N) is 2. The van der Waals surface area contributed by atoms with E-state index in [9.17, 15) is 4.79 Å². The second-order valence-corrected chi connectivity index (χ2v) is 3.77. The van der Waals surface area contributed by atoms with E-state index in [-0.39, 0.29) is 19.1 Å². The molecule has 0 unspecified atom stereocenters. The molecule has 16 heavy (non-hydrogen) atoms. The fourth-order valence-electron chi connectivity index (χ4n) is 1.43. The Hall–Kier alpha value is -1.39. The normalized spacial score (nSPS) is 10.2. The molecular weight excluding hydrogens is 204 g/mol. The lowest BCUT2D eigenvalue weighted by atomic mass is 10.1. The fraction of sp³-hybridized carbons (Fsp3) is 0.417.